The molecule has 3 rings (SSSR count). The maximum absolute atomic E-state index is 11.3. The molecule has 4 heteroatoms. The van der Waals surface area contributed by atoms with E-state index in [1.54, 1.807) is 6.20 Å². The predicted octanol–water partition coefficient (Wildman–Crippen LogP) is 2.03. The van der Waals surface area contributed by atoms with E-state index in [9.17, 15) is 4.79 Å². The molecule has 0 aliphatic heterocycles. The third-order valence-corrected chi connectivity index (χ3v) is 4.53. The summed E-state index contributed by atoms with van der Waals surface area (Å²) in [5, 5.41) is 3.38. The van der Waals surface area contributed by atoms with Crippen LogP contribution in [0, 0.1) is 17.8 Å². The number of nitrogens with one attached hydrogen (secondary N) is 1. The molecule has 0 radical (unpaired) electrons. The van der Waals surface area contributed by atoms with Gasteiger partial charge in [0, 0.05) is 18.9 Å². The zero-order valence-corrected chi connectivity index (χ0v) is 10.4. The molecule has 18 heavy (non-hydrogen) atoms. The van der Waals surface area contributed by atoms with Crippen LogP contribution >= 0.6 is 0 Å². The summed E-state index contributed by atoms with van der Waals surface area (Å²) in [4.78, 5) is 15.2. The number of primary amides is 1. The number of carbonyl (C=O) groups excluding carboxylic acids is 1. The maximum atomic E-state index is 11.3. The van der Waals surface area contributed by atoms with Crippen LogP contribution in [0.3, 0.4) is 0 Å². The van der Waals surface area contributed by atoms with E-state index in [1.807, 2.05) is 6.07 Å². The largest absolute Gasteiger partial charge is 0.384 e. The lowest BCUT2D eigenvalue weighted by Crippen LogP contribution is -2.22. The quantitative estimate of drug-likeness (QED) is 0.852. The third-order valence-electron chi connectivity index (χ3n) is 4.53. The lowest BCUT2D eigenvalue weighted by atomic mass is 9.89. The number of carbonyl (C=O) groups is 1. The van der Waals surface area contributed by atoms with E-state index >= 15 is 0 Å². The van der Waals surface area contributed by atoms with Gasteiger partial charge < -0.3 is 11.1 Å². The van der Waals surface area contributed by atoms with Crippen molar-refractivity contribution in [2.24, 2.45) is 23.5 Å². The second-order valence-corrected chi connectivity index (χ2v) is 5.60. The van der Waals surface area contributed by atoms with Crippen molar-refractivity contribution in [1.29, 1.82) is 0 Å². The Kier molecular flexibility index (Phi) is 2.94. The monoisotopic (exact) mass is 245 g/mol. The highest BCUT2D eigenvalue weighted by molar-refractivity contribution is 5.98. The second kappa shape index (κ2) is 4.59. The second-order valence-electron chi connectivity index (χ2n) is 5.60. The number of nitrogens with two attached hydrogens (primary N) is 1. The first kappa shape index (κ1) is 11.5. The van der Waals surface area contributed by atoms with Gasteiger partial charge in [0.05, 0.1) is 11.3 Å². The normalized spacial score (nSPS) is 29.4. The Labute approximate surface area is 107 Å². The van der Waals surface area contributed by atoms with Crippen molar-refractivity contribution < 1.29 is 4.79 Å². The van der Waals surface area contributed by atoms with Crippen LogP contribution < -0.4 is 11.1 Å². The Balaban J connectivity index is 1.65. The molecule has 2 aliphatic rings. The minimum absolute atomic E-state index is 0.418. The highest BCUT2D eigenvalue weighted by atomic mass is 16.1. The number of hydrogen-bond acceptors (Lipinski definition) is 3. The van der Waals surface area contributed by atoms with Crippen LogP contribution in [0.1, 0.15) is 36.0 Å². The first-order chi connectivity index (χ1) is 8.74. The fourth-order valence-electron chi connectivity index (χ4n) is 3.61. The molecule has 2 saturated carbocycles. The summed E-state index contributed by atoms with van der Waals surface area (Å²) >= 11 is 0. The van der Waals surface area contributed by atoms with Crippen molar-refractivity contribution in [3.63, 3.8) is 0 Å². The van der Waals surface area contributed by atoms with E-state index in [0.29, 0.717) is 5.56 Å². The number of anilines is 1. The van der Waals surface area contributed by atoms with Gasteiger partial charge in [0.2, 0.25) is 0 Å². The molecule has 2 bridgehead atoms. The molecule has 0 saturated heterocycles. The first-order valence-corrected chi connectivity index (χ1v) is 6.71. The van der Waals surface area contributed by atoms with Gasteiger partial charge in [-0.1, -0.05) is 6.42 Å². The van der Waals surface area contributed by atoms with Crippen LogP contribution in [-0.2, 0) is 0 Å². The van der Waals surface area contributed by atoms with E-state index < -0.39 is 5.91 Å². The van der Waals surface area contributed by atoms with Gasteiger partial charge in [0.25, 0.3) is 5.91 Å². The van der Waals surface area contributed by atoms with Crippen LogP contribution in [0.2, 0.25) is 0 Å². The zero-order chi connectivity index (χ0) is 12.5. The molecule has 4 nitrogen and oxygen atoms in total. The van der Waals surface area contributed by atoms with Gasteiger partial charge in [-0.25, -0.2) is 0 Å². The number of nitrogens with zero attached hydrogens (tertiary/aromatic N) is 1. The number of aromatic nitrogens is 1. The molecule has 1 aromatic heterocycles. The summed E-state index contributed by atoms with van der Waals surface area (Å²) in [5.74, 6) is 2.19. The molecule has 1 aromatic rings. The van der Waals surface area contributed by atoms with Crippen molar-refractivity contribution in [2.75, 3.05) is 11.9 Å². The molecule has 96 valence electrons. The number of fused-ring (bicyclic) bond motifs is 2. The van der Waals surface area contributed by atoms with E-state index in [0.717, 1.165) is 30.0 Å². The van der Waals surface area contributed by atoms with E-state index in [-0.39, 0.29) is 0 Å². The average molecular weight is 245 g/mol. The lowest BCUT2D eigenvalue weighted by molar-refractivity contribution is 0.100. The highest BCUT2D eigenvalue weighted by Crippen LogP contribution is 2.48. The average Bonchev–Trinajstić information content (AvgIpc) is 2.98. The number of amides is 1. The highest BCUT2D eigenvalue weighted by Gasteiger charge is 2.39. The van der Waals surface area contributed by atoms with Crippen LogP contribution in [0.25, 0.3) is 0 Å². The van der Waals surface area contributed by atoms with Gasteiger partial charge >= 0.3 is 0 Å². The Hall–Kier alpha value is -1.58. The topological polar surface area (TPSA) is 68.0 Å². The van der Waals surface area contributed by atoms with Crippen molar-refractivity contribution in [3.8, 4) is 0 Å². The van der Waals surface area contributed by atoms with Crippen molar-refractivity contribution in [3.05, 3.63) is 24.0 Å². The Morgan fingerprint density at radius 3 is 3.00 bits per heavy atom. The first-order valence-electron chi connectivity index (χ1n) is 6.71. The molecule has 1 amide bonds. The molecular formula is C14H19N3O. The molecule has 0 aromatic carbocycles. The maximum Gasteiger partial charge on any atom is 0.252 e. The third kappa shape index (κ3) is 2.07. The molecule has 0 spiro atoms. The van der Waals surface area contributed by atoms with Gasteiger partial charge in [-0.15, -0.1) is 0 Å². The standard InChI is InChI=1S/C14H19N3O/c15-14(18)12-8-16-4-3-13(12)17-7-11-6-9-1-2-10(11)5-9/h3-4,8-11H,1-2,5-7H2,(H2,15,18)(H,16,17). The SMILES string of the molecule is NC(=O)c1cnccc1NCC1CC2CCC1C2. The fourth-order valence-corrected chi connectivity index (χ4v) is 3.61. The summed E-state index contributed by atoms with van der Waals surface area (Å²) < 4.78 is 0. The number of pyridine rings is 1. The smallest absolute Gasteiger partial charge is 0.252 e. The van der Waals surface area contributed by atoms with Crippen LogP contribution in [0.15, 0.2) is 18.5 Å². The van der Waals surface area contributed by atoms with Crippen LogP contribution in [0.5, 0.6) is 0 Å². The van der Waals surface area contributed by atoms with E-state index in [2.05, 4.69) is 10.3 Å². The number of rotatable bonds is 4. The molecular weight excluding hydrogens is 226 g/mol. The van der Waals surface area contributed by atoms with E-state index in [4.69, 9.17) is 5.73 Å². The van der Waals surface area contributed by atoms with Crippen molar-refractivity contribution in [1.82, 2.24) is 4.98 Å². The lowest BCUT2D eigenvalue weighted by Gasteiger charge is -2.22. The van der Waals surface area contributed by atoms with Crippen LogP contribution in [-0.4, -0.2) is 17.4 Å². The summed E-state index contributed by atoms with van der Waals surface area (Å²) in [6.07, 6.45) is 8.78. The number of hydrogen-bond donors (Lipinski definition) is 2. The minimum Gasteiger partial charge on any atom is -0.384 e. The molecule has 3 N–H and O–H groups in total. The summed E-state index contributed by atoms with van der Waals surface area (Å²) in [5.41, 5.74) is 6.65. The fraction of sp³-hybridized carbons (Fsp3) is 0.571. The van der Waals surface area contributed by atoms with Gasteiger partial charge in [-0.3, -0.25) is 9.78 Å². The molecule has 2 fully saturated rings. The molecule has 2 aliphatic carbocycles. The van der Waals surface area contributed by atoms with E-state index in [1.165, 1.54) is 31.9 Å². The van der Waals surface area contributed by atoms with Crippen molar-refractivity contribution in [2.45, 2.75) is 25.7 Å². The molecule has 3 unspecified atom stereocenters. The summed E-state index contributed by atoms with van der Waals surface area (Å²) in [6, 6.07) is 1.83. The van der Waals surface area contributed by atoms with Gasteiger partial charge in [0.1, 0.15) is 0 Å². The molecule has 1 heterocycles. The summed E-state index contributed by atoms with van der Waals surface area (Å²) in [6.45, 7) is 0.950. The van der Waals surface area contributed by atoms with Gasteiger partial charge in [0.15, 0.2) is 0 Å². The van der Waals surface area contributed by atoms with Gasteiger partial charge in [-0.05, 0) is 43.1 Å². The Morgan fingerprint density at radius 1 is 1.44 bits per heavy atom. The van der Waals surface area contributed by atoms with Crippen molar-refractivity contribution >= 4 is 11.6 Å². The summed E-state index contributed by atoms with van der Waals surface area (Å²) in [7, 11) is 0. The zero-order valence-electron chi connectivity index (χ0n) is 10.4. The van der Waals surface area contributed by atoms with Crippen LogP contribution in [0.4, 0.5) is 5.69 Å². The predicted molar refractivity (Wildman–Crippen MR) is 70.2 cm³/mol. The minimum atomic E-state index is -0.418. The molecule has 3 atom stereocenters. The Morgan fingerprint density at radius 2 is 2.33 bits per heavy atom. The van der Waals surface area contributed by atoms with Gasteiger partial charge in [-0.2, -0.15) is 0 Å². The Bertz CT molecular complexity index is 460.